The van der Waals surface area contributed by atoms with Crippen LogP contribution in [0.2, 0.25) is 0 Å². The van der Waals surface area contributed by atoms with E-state index in [1.807, 2.05) is 53.5 Å². The molecule has 0 bridgehead atoms. The number of aliphatic hydroxyl groups is 1. The molecule has 1 saturated heterocycles. The fourth-order valence-electron chi connectivity index (χ4n) is 3.80. The molecule has 1 amide bonds. The van der Waals surface area contributed by atoms with E-state index in [1.165, 1.54) is 0 Å². The second-order valence-corrected chi connectivity index (χ2v) is 7.19. The van der Waals surface area contributed by atoms with E-state index in [-0.39, 0.29) is 5.91 Å². The van der Waals surface area contributed by atoms with Crippen molar-refractivity contribution in [3.8, 4) is 11.5 Å². The van der Waals surface area contributed by atoms with Crippen molar-refractivity contribution in [3.05, 3.63) is 65.7 Å². The lowest BCUT2D eigenvalue weighted by molar-refractivity contribution is -0.142. The molecule has 5 heteroatoms. The normalized spacial score (nSPS) is 20.4. The second-order valence-electron chi connectivity index (χ2n) is 7.19. The molecule has 1 N–H and O–H groups in total. The Morgan fingerprint density at radius 3 is 2.71 bits per heavy atom. The fraction of sp³-hybridized carbons (Fsp3) is 0.348. The summed E-state index contributed by atoms with van der Waals surface area (Å²) in [5, 5.41) is 10.9. The summed E-state index contributed by atoms with van der Waals surface area (Å²) in [5.74, 6) is 0.895. The lowest BCUT2D eigenvalue weighted by Crippen LogP contribution is -2.43. The third-order valence-corrected chi connectivity index (χ3v) is 5.30. The number of nitrogens with zero attached hydrogens (tertiary/aromatic N) is 1. The van der Waals surface area contributed by atoms with Gasteiger partial charge in [-0.1, -0.05) is 48.6 Å². The first-order chi connectivity index (χ1) is 13.7. The van der Waals surface area contributed by atoms with Gasteiger partial charge < -0.3 is 19.5 Å². The minimum atomic E-state index is -0.843. The van der Waals surface area contributed by atoms with Gasteiger partial charge in [0.15, 0.2) is 11.5 Å². The number of fused-ring (bicyclic) bond motifs is 1. The van der Waals surface area contributed by atoms with E-state index >= 15 is 0 Å². The highest BCUT2D eigenvalue weighted by atomic mass is 16.6. The number of carbonyl (C=O) groups excluding carboxylic acids is 1. The predicted molar refractivity (Wildman–Crippen MR) is 107 cm³/mol. The van der Waals surface area contributed by atoms with Gasteiger partial charge in [0.2, 0.25) is 5.91 Å². The van der Waals surface area contributed by atoms with Crippen LogP contribution in [0.1, 0.15) is 30.1 Å². The first kappa shape index (κ1) is 18.6. The number of likely N-dealkylation sites (tertiary alicyclic amines) is 1. The summed E-state index contributed by atoms with van der Waals surface area (Å²) in [6.45, 7) is 2.30. The van der Waals surface area contributed by atoms with Crippen LogP contribution < -0.4 is 9.47 Å². The Kier molecular flexibility index (Phi) is 5.63. The average molecular weight is 379 g/mol. The molecular formula is C23H25NO4. The standard InChI is InChI=1S/C23H25NO4/c25-22(18-10-11-20-21(16-18)28-15-14-27-20)19-9-5-13-24(23(19)26)12-4-8-17-6-2-1-3-7-17/h1-4,6-8,10-11,16,19,22,25H,5,9,12-15H2/b8-4+/t19-,22-/m1/s1. The molecule has 0 aliphatic carbocycles. The number of benzene rings is 2. The van der Waals surface area contributed by atoms with Crippen molar-refractivity contribution >= 4 is 12.0 Å². The van der Waals surface area contributed by atoms with Crippen LogP contribution in [-0.2, 0) is 4.79 Å². The SMILES string of the molecule is O=C1[C@@H]([C@H](O)c2ccc3c(c2)OCCO3)CCCN1C/C=C/c1ccccc1. The number of aliphatic hydroxyl groups excluding tert-OH is 1. The zero-order valence-electron chi connectivity index (χ0n) is 15.8. The minimum absolute atomic E-state index is 0.00588. The Balaban J connectivity index is 1.43. The van der Waals surface area contributed by atoms with Crippen LogP contribution in [0.4, 0.5) is 0 Å². The van der Waals surface area contributed by atoms with E-state index < -0.39 is 12.0 Å². The number of amides is 1. The molecule has 146 valence electrons. The molecular weight excluding hydrogens is 354 g/mol. The van der Waals surface area contributed by atoms with Gasteiger partial charge in [0, 0.05) is 13.1 Å². The molecule has 2 heterocycles. The van der Waals surface area contributed by atoms with Crippen molar-refractivity contribution in [3.63, 3.8) is 0 Å². The van der Waals surface area contributed by atoms with Crippen LogP contribution in [-0.4, -0.2) is 42.2 Å². The van der Waals surface area contributed by atoms with E-state index in [9.17, 15) is 9.90 Å². The van der Waals surface area contributed by atoms with Crippen molar-refractivity contribution in [2.75, 3.05) is 26.3 Å². The maximum atomic E-state index is 12.9. The number of hydrogen-bond donors (Lipinski definition) is 1. The van der Waals surface area contributed by atoms with Gasteiger partial charge in [-0.3, -0.25) is 4.79 Å². The number of rotatable bonds is 5. The molecule has 0 spiro atoms. The summed E-state index contributed by atoms with van der Waals surface area (Å²) >= 11 is 0. The van der Waals surface area contributed by atoms with Crippen molar-refractivity contribution < 1.29 is 19.4 Å². The molecule has 2 aliphatic rings. The summed E-state index contributed by atoms with van der Waals surface area (Å²) < 4.78 is 11.1. The molecule has 28 heavy (non-hydrogen) atoms. The van der Waals surface area contributed by atoms with Crippen molar-refractivity contribution in [2.24, 2.45) is 5.92 Å². The third kappa shape index (κ3) is 4.04. The van der Waals surface area contributed by atoms with E-state index in [0.717, 1.165) is 18.5 Å². The molecule has 0 saturated carbocycles. The van der Waals surface area contributed by atoms with Crippen molar-refractivity contribution in [2.45, 2.75) is 18.9 Å². The second kappa shape index (κ2) is 8.48. The van der Waals surface area contributed by atoms with Gasteiger partial charge in [0.05, 0.1) is 12.0 Å². The summed E-state index contributed by atoms with van der Waals surface area (Å²) in [4.78, 5) is 14.8. The summed E-state index contributed by atoms with van der Waals surface area (Å²) in [6, 6.07) is 15.4. The van der Waals surface area contributed by atoms with E-state index in [0.29, 0.717) is 43.2 Å². The van der Waals surface area contributed by atoms with Gasteiger partial charge in [0.1, 0.15) is 13.2 Å². The maximum Gasteiger partial charge on any atom is 0.228 e. The zero-order valence-corrected chi connectivity index (χ0v) is 15.8. The Morgan fingerprint density at radius 2 is 1.89 bits per heavy atom. The van der Waals surface area contributed by atoms with Crippen LogP contribution in [0.15, 0.2) is 54.6 Å². The van der Waals surface area contributed by atoms with E-state index in [1.54, 1.807) is 12.1 Å². The lowest BCUT2D eigenvalue weighted by atomic mass is 9.87. The number of hydrogen-bond acceptors (Lipinski definition) is 4. The van der Waals surface area contributed by atoms with Crippen LogP contribution in [0, 0.1) is 5.92 Å². The van der Waals surface area contributed by atoms with Crippen LogP contribution in [0.3, 0.4) is 0 Å². The first-order valence-corrected chi connectivity index (χ1v) is 9.80. The van der Waals surface area contributed by atoms with E-state index in [2.05, 4.69) is 0 Å². The van der Waals surface area contributed by atoms with Gasteiger partial charge in [0.25, 0.3) is 0 Å². The first-order valence-electron chi connectivity index (χ1n) is 9.80. The molecule has 2 aromatic carbocycles. The molecule has 5 nitrogen and oxygen atoms in total. The van der Waals surface area contributed by atoms with Gasteiger partial charge in [-0.2, -0.15) is 0 Å². The molecule has 4 rings (SSSR count). The largest absolute Gasteiger partial charge is 0.486 e. The zero-order chi connectivity index (χ0) is 19.3. The highest BCUT2D eigenvalue weighted by Crippen LogP contribution is 2.36. The van der Waals surface area contributed by atoms with Gasteiger partial charge >= 0.3 is 0 Å². The van der Waals surface area contributed by atoms with Crippen LogP contribution in [0.25, 0.3) is 6.08 Å². The van der Waals surface area contributed by atoms with Gasteiger partial charge in [-0.25, -0.2) is 0 Å². The lowest BCUT2D eigenvalue weighted by Gasteiger charge is -2.34. The minimum Gasteiger partial charge on any atom is -0.486 e. The number of carbonyl (C=O) groups is 1. The van der Waals surface area contributed by atoms with Crippen molar-refractivity contribution in [1.82, 2.24) is 4.90 Å². The molecule has 0 unspecified atom stereocenters. The molecule has 0 radical (unpaired) electrons. The summed E-state index contributed by atoms with van der Waals surface area (Å²) in [5.41, 5.74) is 1.81. The number of ether oxygens (including phenoxy) is 2. The third-order valence-electron chi connectivity index (χ3n) is 5.30. The van der Waals surface area contributed by atoms with Crippen LogP contribution in [0.5, 0.6) is 11.5 Å². The monoisotopic (exact) mass is 379 g/mol. The smallest absolute Gasteiger partial charge is 0.228 e. The molecule has 2 aliphatic heterocycles. The molecule has 0 aromatic heterocycles. The Hall–Kier alpha value is -2.79. The highest BCUT2D eigenvalue weighted by Gasteiger charge is 2.34. The Labute approximate surface area is 165 Å². The van der Waals surface area contributed by atoms with Crippen LogP contribution >= 0.6 is 0 Å². The predicted octanol–water partition coefficient (Wildman–Crippen LogP) is 3.44. The molecule has 2 aromatic rings. The quantitative estimate of drug-likeness (QED) is 0.865. The average Bonchev–Trinajstić information content (AvgIpc) is 2.75. The number of piperidine rings is 1. The Morgan fingerprint density at radius 1 is 1.11 bits per heavy atom. The van der Waals surface area contributed by atoms with Gasteiger partial charge in [-0.05, 0) is 36.1 Å². The van der Waals surface area contributed by atoms with E-state index in [4.69, 9.17) is 9.47 Å². The highest BCUT2D eigenvalue weighted by molar-refractivity contribution is 5.80. The maximum absolute atomic E-state index is 12.9. The summed E-state index contributed by atoms with van der Waals surface area (Å²) in [7, 11) is 0. The van der Waals surface area contributed by atoms with Crippen molar-refractivity contribution in [1.29, 1.82) is 0 Å². The summed E-state index contributed by atoms with van der Waals surface area (Å²) in [6.07, 6.45) is 4.76. The molecule has 1 fully saturated rings. The fourth-order valence-corrected chi connectivity index (χ4v) is 3.80. The van der Waals surface area contributed by atoms with Gasteiger partial charge in [-0.15, -0.1) is 0 Å². The Bertz CT molecular complexity index is 849. The topological polar surface area (TPSA) is 59.0 Å². The molecule has 2 atom stereocenters.